The van der Waals surface area contributed by atoms with Gasteiger partial charge in [0, 0.05) is 0 Å². The van der Waals surface area contributed by atoms with Crippen LogP contribution in [-0.4, -0.2) is 40.6 Å². The smallest absolute Gasteiger partial charge is 0.167 e. The topological polar surface area (TPSA) is 116 Å². The Morgan fingerprint density at radius 3 is 2.71 bits per heavy atom. The van der Waals surface area contributed by atoms with Gasteiger partial charge in [-0.3, -0.25) is 0 Å². The molecule has 31 heavy (non-hydrogen) atoms. The zero-order valence-corrected chi connectivity index (χ0v) is 16.9. The molecule has 0 spiro atoms. The van der Waals surface area contributed by atoms with E-state index in [1.54, 1.807) is 10.9 Å². The van der Waals surface area contributed by atoms with E-state index in [9.17, 15) is 10.4 Å². The fourth-order valence-corrected chi connectivity index (χ4v) is 4.07. The van der Waals surface area contributed by atoms with Gasteiger partial charge in [-0.25, -0.2) is 19.6 Å². The third-order valence-corrected chi connectivity index (χ3v) is 5.72. The van der Waals surface area contributed by atoms with Crippen molar-refractivity contribution in [2.45, 2.75) is 5.03 Å². The number of hydrogen-bond acceptors (Lipinski definition) is 7. The van der Waals surface area contributed by atoms with Crippen LogP contribution in [0.1, 0.15) is 5.82 Å². The van der Waals surface area contributed by atoms with Crippen LogP contribution in [0, 0.1) is 11.3 Å². The lowest BCUT2D eigenvalue weighted by atomic mass is 10.2. The number of rotatable bonds is 5. The Kier molecular flexibility index (Phi) is 4.82. The Morgan fingerprint density at radius 2 is 1.90 bits per heavy atom. The second-order valence-electron chi connectivity index (χ2n) is 6.63. The molecule has 3 aromatic heterocycles. The molecule has 2 N–H and O–H groups in total. The summed E-state index contributed by atoms with van der Waals surface area (Å²) in [4.78, 5) is 16.2. The van der Waals surface area contributed by atoms with Gasteiger partial charge < -0.3 is 10.1 Å². The van der Waals surface area contributed by atoms with Gasteiger partial charge in [0.15, 0.2) is 11.5 Å². The first-order chi connectivity index (χ1) is 15.2. The van der Waals surface area contributed by atoms with Crippen LogP contribution in [0.15, 0.2) is 77.9 Å². The second-order valence-corrected chi connectivity index (χ2v) is 7.60. The molecule has 0 saturated carbocycles. The van der Waals surface area contributed by atoms with Crippen LogP contribution in [0.5, 0.6) is 0 Å². The minimum absolute atomic E-state index is 0.0752. The molecule has 0 fully saturated rings. The first kappa shape index (κ1) is 18.8. The number of aromatic nitrogens is 6. The summed E-state index contributed by atoms with van der Waals surface area (Å²) >= 11 is 1.31. The maximum atomic E-state index is 10.6. The lowest BCUT2D eigenvalue weighted by molar-refractivity contribution is 0.420. The quantitative estimate of drug-likeness (QED) is 0.187. The van der Waals surface area contributed by atoms with Gasteiger partial charge in [0.1, 0.15) is 28.8 Å². The lowest BCUT2D eigenvalue weighted by Gasteiger charge is -2.05. The number of aliphatic hydroxyl groups excluding tert-OH is 1. The number of H-pyrrole nitrogens is 1. The van der Waals surface area contributed by atoms with Gasteiger partial charge in [-0.05, 0) is 24.3 Å². The van der Waals surface area contributed by atoms with Crippen molar-refractivity contribution in [3.8, 4) is 11.8 Å². The monoisotopic (exact) mass is 425 g/mol. The van der Waals surface area contributed by atoms with E-state index in [0.717, 1.165) is 22.1 Å². The molecule has 0 unspecified atom stereocenters. The highest BCUT2D eigenvalue weighted by Crippen LogP contribution is 2.28. The third-order valence-electron chi connectivity index (χ3n) is 4.70. The SMILES string of the molecule is N#C/C(=C(/O)CSc1ncnc2c1cnn2-c1ccccc1)c1nc2ccccc2[nH]1. The maximum absolute atomic E-state index is 10.6. The first-order valence-corrected chi connectivity index (χ1v) is 10.4. The predicted octanol–water partition coefficient (Wildman–Crippen LogP) is 4.28. The minimum atomic E-state index is -0.0752. The van der Waals surface area contributed by atoms with Crippen molar-refractivity contribution in [1.82, 2.24) is 29.7 Å². The van der Waals surface area contributed by atoms with Crippen LogP contribution in [-0.2, 0) is 0 Å². The summed E-state index contributed by atoms with van der Waals surface area (Å²) in [5.41, 5.74) is 3.21. The summed E-state index contributed by atoms with van der Waals surface area (Å²) in [5.74, 6) is 0.419. The molecule has 0 atom stereocenters. The molecule has 9 heteroatoms. The number of benzene rings is 2. The van der Waals surface area contributed by atoms with E-state index in [1.165, 1.54) is 18.1 Å². The van der Waals surface area contributed by atoms with Crippen molar-refractivity contribution in [3.63, 3.8) is 0 Å². The van der Waals surface area contributed by atoms with Crippen LogP contribution < -0.4 is 0 Å². The number of nitrogens with one attached hydrogen (secondary N) is 1. The molecule has 150 valence electrons. The zero-order chi connectivity index (χ0) is 21.2. The maximum Gasteiger partial charge on any atom is 0.167 e. The first-order valence-electron chi connectivity index (χ1n) is 9.39. The highest BCUT2D eigenvalue weighted by molar-refractivity contribution is 7.99. The van der Waals surface area contributed by atoms with E-state index in [-0.39, 0.29) is 17.1 Å². The summed E-state index contributed by atoms with van der Waals surface area (Å²) in [6.45, 7) is 0. The fourth-order valence-electron chi connectivity index (χ4n) is 3.23. The van der Waals surface area contributed by atoms with E-state index in [2.05, 4.69) is 31.1 Å². The Labute approximate surface area is 180 Å². The van der Waals surface area contributed by atoms with Crippen LogP contribution in [0.25, 0.3) is 33.3 Å². The van der Waals surface area contributed by atoms with E-state index in [0.29, 0.717) is 16.5 Å². The molecular formula is C22H15N7OS. The molecule has 2 aromatic carbocycles. The normalized spacial score (nSPS) is 12.1. The molecule has 0 amide bonds. The summed E-state index contributed by atoms with van der Waals surface area (Å²) in [7, 11) is 0. The molecule has 0 aliphatic heterocycles. The van der Waals surface area contributed by atoms with Gasteiger partial charge in [0.05, 0.1) is 34.1 Å². The average molecular weight is 425 g/mol. The molecule has 0 aliphatic carbocycles. The van der Waals surface area contributed by atoms with Gasteiger partial charge >= 0.3 is 0 Å². The number of imidazole rings is 1. The van der Waals surface area contributed by atoms with Gasteiger partial charge in [0.25, 0.3) is 0 Å². The molecule has 0 saturated heterocycles. The van der Waals surface area contributed by atoms with Crippen molar-refractivity contribution < 1.29 is 5.11 Å². The van der Waals surface area contributed by atoms with Gasteiger partial charge in [0.2, 0.25) is 0 Å². The Hall–Kier alpha value is -4.16. The number of aromatic amines is 1. The van der Waals surface area contributed by atoms with Gasteiger partial charge in [-0.2, -0.15) is 10.4 Å². The van der Waals surface area contributed by atoms with Crippen molar-refractivity contribution in [1.29, 1.82) is 5.26 Å². The second kappa shape index (κ2) is 7.93. The van der Waals surface area contributed by atoms with E-state index in [1.807, 2.05) is 54.6 Å². The summed E-state index contributed by atoms with van der Waals surface area (Å²) < 4.78 is 1.74. The number of hydrogen-bond donors (Lipinski definition) is 2. The fraction of sp³-hybridized carbons (Fsp3) is 0.0455. The number of nitriles is 1. The van der Waals surface area contributed by atoms with Crippen molar-refractivity contribution in [3.05, 3.63) is 78.7 Å². The van der Waals surface area contributed by atoms with Crippen LogP contribution in [0.2, 0.25) is 0 Å². The number of fused-ring (bicyclic) bond motifs is 2. The molecule has 0 bridgehead atoms. The third kappa shape index (κ3) is 3.49. The number of aliphatic hydroxyl groups is 1. The van der Waals surface area contributed by atoms with E-state index in [4.69, 9.17) is 0 Å². The zero-order valence-electron chi connectivity index (χ0n) is 16.1. The van der Waals surface area contributed by atoms with Gasteiger partial charge in [-0.1, -0.05) is 42.1 Å². The molecule has 5 rings (SSSR count). The standard InChI is InChI=1S/C22H15N7OS/c23-10-15(20-27-17-8-4-5-9-18(17)28-20)19(30)12-31-22-16-11-26-29(21(16)24-13-25-22)14-6-2-1-3-7-14/h1-9,11,13,30H,12H2,(H,27,28)/b19-15-. The average Bonchev–Trinajstić information content (AvgIpc) is 3.43. The van der Waals surface area contributed by atoms with Crippen molar-refractivity contribution in [2.24, 2.45) is 0 Å². The minimum Gasteiger partial charge on any atom is -0.510 e. The molecule has 0 aliphatic rings. The highest BCUT2D eigenvalue weighted by Gasteiger charge is 2.16. The molecule has 8 nitrogen and oxygen atoms in total. The van der Waals surface area contributed by atoms with Crippen molar-refractivity contribution >= 4 is 39.4 Å². The van der Waals surface area contributed by atoms with E-state index >= 15 is 0 Å². The number of para-hydroxylation sites is 3. The lowest BCUT2D eigenvalue weighted by Crippen LogP contribution is -1.98. The Morgan fingerprint density at radius 1 is 1.10 bits per heavy atom. The van der Waals surface area contributed by atoms with E-state index < -0.39 is 0 Å². The molecular weight excluding hydrogens is 410 g/mol. The summed E-state index contributed by atoms with van der Waals surface area (Å²) in [5, 5.41) is 26.1. The van der Waals surface area contributed by atoms with Crippen LogP contribution in [0.4, 0.5) is 0 Å². The van der Waals surface area contributed by atoms with Crippen LogP contribution in [0.3, 0.4) is 0 Å². The number of thioether (sulfide) groups is 1. The Bertz CT molecular complexity index is 1430. The summed E-state index contributed by atoms with van der Waals surface area (Å²) in [6.07, 6.45) is 3.17. The van der Waals surface area contributed by atoms with Gasteiger partial charge in [-0.15, -0.1) is 0 Å². The molecule has 0 radical (unpaired) electrons. The Balaban J connectivity index is 1.45. The highest BCUT2D eigenvalue weighted by atomic mass is 32.2. The number of nitrogens with zero attached hydrogens (tertiary/aromatic N) is 6. The summed E-state index contributed by atoms with van der Waals surface area (Å²) in [6, 6.07) is 19.2. The molecule has 3 heterocycles. The largest absolute Gasteiger partial charge is 0.510 e. The predicted molar refractivity (Wildman–Crippen MR) is 119 cm³/mol. The van der Waals surface area contributed by atoms with Crippen LogP contribution >= 0.6 is 11.8 Å². The van der Waals surface area contributed by atoms with Crippen molar-refractivity contribution in [2.75, 3.05) is 5.75 Å². The molecule has 5 aromatic rings. The number of allylic oxidation sites excluding steroid dienone is 1.